The maximum absolute atomic E-state index is 4.59. The summed E-state index contributed by atoms with van der Waals surface area (Å²) in [6.45, 7) is 7.51. The highest BCUT2D eigenvalue weighted by atomic mass is 15.3. The summed E-state index contributed by atoms with van der Waals surface area (Å²) in [5, 5.41) is 7.78. The van der Waals surface area contributed by atoms with Gasteiger partial charge in [0.2, 0.25) is 0 Å². The minimum Gasteiger partial charge on any atom is -0.319 e. The van der Waals surface area contributed by atoms with Crippen molar-refractivity contribution < 1.29 is 0 Å². The van der Waals surface area contributed by atoms with Gasteiger partial charge in [0.25, 0.3) is 0 Å². The Kier molecular flexibility index (Phi) is 4.05. The summed E-state index contributed by atoms with van der Waals surface area (Å²) in [5.41, 5.74) is 7.82. The van der Waals surface area contributed by atoms with E-state index in [0.29, 0.717) is 0 Å². The maximum Gasteiger partial charge on any atom is 0.0715 e. The fraction of sp³-hybridized carbons (Fsp3) is 0.438. The lowest BCUT2D eigenvalue weighted by molar-refractivity contribution is 0.717. The highest BCUT2D eigenvalue weighted by Gasteiger charge is 2.13. The predicted octanol–water partition coefficient (Wildman–Crippen LogP) is 2.77. The van der Waals surface area contributed by atoms with Crippen LogP contribution >= 0.6 is 0 Å². The van der Waals surface area contributed by atoms with Crippen LogP contribution in [0.2, 0.25) is 0 Å². The number of nitrogens with zero attached hydrogens (tertiary/aromatic N) is 2. The van der Waals surface area contributed by atoms with E-state index in [9.17, 15) is 0 Å². The zero-order valence-electron chi connectivity index (χ0n) is 12.5. The molecular weight excluding hydrogens is 234 g/mol. The van der Waals surface area contributed by atoms with Crippen LogP contribution in [0.1, 0.15) is 22.4 Å². The number of aromatic nitrogens is 2. The molecule has 0 saturated heterocycles. The second kappa shape index (κ2) is 5.57. The summed E-state index contributed by atoms with van der Waals surface area (Å²) in [6, 6.07) is 4.42. The molecule has 3 nitrogen and oxygen atoms in total. The number of benzene rings is 1. The fourth-order valence-corrected chi connectivity index (χ4v) is 2.44. The van der Waals surface area contributed by atoms with Gasteiger partial charge in [-0.1, -0.05) is 12.1 Å². The van der Waals surface area contributed by atoms with Crippen molar-refractivity contribution >= 4 is 0 Å². The molecule has 0 unspecified atom stereocenters. The van der Waals surface area contributed by atoms with E-state index in [0.717, 1.165) is 13.0 Å². The number of hydrogen-bond acceptors (Lipinski definition) is 2. The molecule has 1 N–H and O–H groups in total. The Morgan fingerprint density at radius 1 is 1.11 bits per heavy atom. The van der Waals surface area contributed by atoms with Gasteiger partial charge in [-0.25, -0.2) is 0 Å². The SMILES string of the molecule is CNCCc1nn(C)cc1-c1ccc(C)c(C)c1C. The maximum atomic E-state index is 4.59. The van der Waals surface area contributed by atoms with Crippen molar-refractivity contribution in [1.82, 2.24) is 15.1 Å². The molecule has 19 heavy (non-hydrogen) atoms. The Hall–Kier alpha value is -1.61. The molecule has 0 amide bonds. The first-order valence-corrected chi connectivity index (χ1v) is 6.79. The average molecular weight is 257 g/mol. The molecule has 0 fully saturated rings. The minimum atomic E-state index is 0.952. The van der Waals surface area contributed by atoms with Crippen molar-refractivity contribution in [3.8, 4) is 11.1 Å². The first kappa shape index (κ1) is 13.8. The van der Waals surface area contributed by atoms with E-state index in [1.165, 1.54) is 33.5 Å². The zero-order chi connectivity index (χ0) is 14.0. The molecule has 1 aromatic carbocycles. The number of nitrogens with one attached hydrogen (secondary N) is 1. The normalized spacial score (nSPS) is 11.0. The second-order valence-corrected chi connectivity index (χ2v) is 5.20. The van der Waals surface area contributed by atoms with Gasteiger partial charge >= 0.3 is 0 Å². The van der Waals surface area contributed by atoms with E-state index in [4.69, 9.17) is 0 Å². The Balaban J connectivity index is 2.49. The number of hydrogen-bond donors (Lipinski definition) is 1. The molecule has 1 heterocycles. The Morgan fingerprint density at radius 2 is 1.84 bits per heavy atom. The van der Waals surface area contributed by atoms with Crippen molar-refractivity contribution in [2.24, 2.45) is 7.05 Å². The van der Waals surface area contributed by atoms with Crippen molar-refractivity contribution in [2.45, 2.75) is 27.2 Å². The average Bonchev–Trinajstić information content (AvgIpc) is 2.75. The quantitative estimate of drug-likeness (QED) is 0.912. The highest BCUT2D eigenvalue weighted by Crippen LogP contribution is 2.29. The molecule has 0 saturated carbocycles. The molecular formula is C16H23N3. The second-order valence-electron chi connectivity index (χ2n) is 5.20. The van der Waals surface area contributed by atoms with Crippen LogP contribution < -0.4 is 5.32 Å². The van der Waals surface area contributed by atoms with E-state index in [2.05, 4.69) is 49.5 Å². The van der Waals surface area contributed by atoms with Crippen LogP contribution in [0.15, 0.2) is 18.3 Å². The third kappa shape index (κ3) is 2.71. The van der Waals surface area contributed by atoms with Crippen molar-refractivity contribution in [3.05, 3.63) is 40.7 Å². The molecule has 2 aromatic rings. The van der Waals surface area contributed by atoms with Crippen LogP contribution in [0.5, 0.6) is 0 Å². The van der Waals surface area contributed by atoms with E-state index in [1.54, 1.807) is 0 Å². The molecule has 0 atom stereocenters. The van der Waals surface area contributed by atoms with Gasteiger partial charge in [0, 0.05) is 31.8 Å². The molecule has 0 aliphatic carbocycles. The fourth-order valence-electron chi connectivity index (χ4n) is 2.44. The summed E-state index contributed by atoms with van der Waals surface area (Å²) < 4.78 is 1.91. The summed E-state index contributed by atoms with van der Waals surface area (Å²) in [4.78, 5) is 0. The molecule has 2 rings (SSSR count). The zero-order valence-corrected chi connectivity index (χ0v) is 12.5. The lowest BCUT2D eigenvalue weighted by Crippen LogP contribution is -2.11. The Labute approximate surface area is 115 Å². The van der Waals surface area contributed by atoms with Crippen molar-refractivity contribution in [1.29, 1.82) is 0 Å². The van der Waals surface area contributed by atoms with E-state index in [1.807, 2.05) is 18.8 Å². The number of rotatable bonds is 4. The monoisotopic (exact) mass is 257 g/mol. The molecule has 3 heteroatoms. The van der Waals surface area contributed by atoms with Gasteiger partial charge < -0.3 is 5.32 Å². The largest absolute Gasteiger partial charge is 0.319 e. The molecule has 0 bridgehead atoms. The molecule has 0 aliphatic rings. The summed E-state index contributed by atoms with van der Waals surface area (Å²) in [7, 11) is 3.96. The topological polar surface area (TPSA) is 29.9 Å². The standard InChI is InChI=1S/C16H23N3/c1-11-6-7-14(13(3)12(11)2)15-10-19(5)18-16(15)8-9-17-4/h6-7,10,17H,8-9H2,1-5H3. The summed E-state index contributed by atoms with van der Waals surface area (Å²) in [5.74, 6) is 0. The molecule has 0 spiro atoms. The number of aryl methyl sites for hydroxylation is 2. The smallest absolute Gasteiger partial charge is 0.0715 e. The van der Waals surface area contributed by atoms with E-state index < -0.39 is 0 Å². The van der Waals surface area contributed by atoms with Gasteiger partial charge in [0.1, 0.15) is 0 Å². The first-order valence-electron chi connectivity index (χ1n) is 6.79. The highest BCUT2D eigenvalue weighted by molar-refractivity contribution is 5.70. The summed E-state index contributed by atoms with van der Waals surface area (Å²) >= 11 is 0. The Bertz CT molecular complexity index is 582. The van der Waals surface area contributed by atoms with Gasteiger partial charge in [-0.3, -0.25) is 4.68 Å². The predicted molar refractivity (Wildman–Crippen MR) is 80.5 cm³/mol. The van der Waals surface area contributed by atoms with Gasteiger partial charge in [-0.05, 0) is 50.1 Å². The van der Waals surface area contributed by atoms with E-state index >= 15 is 0 Å². The van der Waals surface area contributed by atoms with Gasteiger partial charge in [0.05, 0.1) is 5.69 Å². The van der Waals surface area contributed by atoms with Gasteiger partial charge in [-0.2, -0.15) is 5.10 Å². The summed E-state index contributed by atoms with van der Waals surface area (Å²) in [6.07, 6.45) is 3.08. The van der Waals surface area contributed by atoms with Crippen LogP contribution in [-0.4, -0.2) is 23.4 Å². The van der Waals surface area contributed by atoms with Crippen LogP contribution in [0.4, 0.5) is 0 Å². The van der Waals surface area contributed by atoms with Crippen LogP contribution in [0.3, 0.4) is 0 Å². The van der Waals surface area contributed by atoms with Crippen LogP contribution in [-0.2, 0) is 13.5 Å². The van der Waals surface area contributed by atoms with Crippen molar-refractivity contribution in [3.63, 3.8) is 0 Å². The third-order valence-electron chi connectivity index (χ3n) is 3.87. The molecule has 102 valence electrons. The van der Waals surface area contributed by atoms with Crippen molar-refractivity contribution in [2.75, 3.05) is 13.6 Å². The van der Waals surface area contributed by atoms with E-state index in [-0.39, 0.29) is 0 Å². The number of likely N-dealkylation sites (N-methyl/N-ethyl adjacent to an activating group) is 1. The van der Waals surface area contributed by atoms with Crippen LogP contribution in [0, 0.1) is 20.8 Å². The van der Waals surface area contributed by atoms with Crippen LogP contribution in [0.25, 0.3) is 11.1 Å². The first-order chi connectivity index (χ1) is 9.04. The molecule has 0 aliphatic heterocycles. The minimum absolute atomic E-state index is 0.952. The molecule has 0 radical (unpaired) electrons. The lowest BCUT2D eigenvalue weighted by atomic mass is 9.94. The lowest BCUT2D eigenvalue weighted by Gasteiger charge is -2.11. The Morgan fingerprint density at radius 3 is 2.53 bits per heavy atom. The van der Waals surface area contributed by atoms with Gasteiger partial charge in [-0.15, -0.1) is 0 Å². The molecule has 1 aromatic heterocycles. The third-order valence-corrected chi connectivity index (χ3v) is 3.87. The van der Waals surface area contributed by atoms with Gasteiger partial charge in [0.15, 0.2) is 0 Å².